The Kier molecular flexibility index (Phi) is 4.62. The van der Waals surface area contributed by atoms with Gasteiger partial charge < -0.3 is 4.74 Å². The van der Waals surface area contributed by atoms with E-state index in [-0.39, 0.29) is 0 Å². The molecule has 3 heteroatoms. The van der Waals surface area contributed by atoms with Gasteiger partial charge in [-0.2, -0.15) is 5.26 Å². The molecule has 0 aliphatic rings. The maximum absolute atomic E-state index is 8.59. The van der Waals surface area contributed by atoms with Crippen molar-refractivity contribution in [3.63, 3.8) is 0 Å². The summed E-state index contributed by atoms with van der Waals surface area (Å²) in [6.45, 7) is 5.01. The third-order valence-corrected chi connectivity index (χ3v) is 2.16. The predicted molar refractivity (Wildman–Crippen MR) is 58.5 cm³/mol. The first-order valence-corrected chi connectivity index (χ1v) is 5.25. The predicted octanol–water partition coefficient (Wildman–Crippen LogP) is 2.77. The lowest BCUT2D eigenvalue weighted by Gasteiger charge is -2.10. The van der Waals surface area contributed by atoms with Gasteiger partial charge in [0.2, 0.25) is 5.88 Å². The van der Waals surface area contributed by atoms with E-state index in [4.69, 9.17) is 10.00 Å². The average molecular weight is 204 g/mol. The van der Waals surface area contributed by atoms with Gasteiger partial charge in [0, 0.05) is 12.3 Å². The van der Waals surface area contributed by atoms with Crippen LogP contribution in [0.1, 0.15) is 32.3 Å². The molecule has 1 heterocycles. The molecule has 0 saturated carbocycles. The van der Waals surface area contributed by atoms with Gasteiger partial charge in [0.25, 0.3) is 0 Å². The molecule has 3 nitrogen and oxygen atoms in total. The Hall–Kier alpha value is -1.56. The highest BCUT2D eigenvalue weighted by molar-refractivity contribution is 5.28. The molecule has 1 aromatic heterocycles. The molecule has 80 valence electrons. The largest absolute Gasteiger partial charge is 0.477 e. The van der Waals surface area contributed by atoms with Crippen LogP contribution in [0.15, 0.2) is 18.3 Å². The molecular weight excluding hydrogens is 188 g/mol. The second kappa shape index (κ2) is 6.02. The number of ether oxygens (including phenoxy) is 1. The van der Waals surface area contributed by atoms with Crippen LogP contribution >= 0.6 is 0 Å². The van der Waals surface area contributed by atoms with Gasteiger partial charge in [-0.25, -0.2) is 4.98 Å². The summed E-state index contributed by atoms with van der Waals surface area (Å²) >= 11 is 0. The van der Waals surface area contributed by atoms with Crippen LogP contribution < -0.4 is 4.74 Å². The zero-order valence-electron chi connectivity index (χ0n) is 9.23. The van der Waals surface area contributed by atoms with Crippen molar-refractivity contribution in [3.8, 4) is 11.9 Å². The highest BCUT2D eigenvalue weighted by Gasteiger charge is 2.02. The van der Waals surface area contributed by atoms with Crippen molar-refractivity contribution < 1.29 is 4.74 Å². The van der Waals surface area contributed by atoms with Gasteiger partial charge in [0.15, 0.2) is 0 Å². The summed E-state index contributed by atoms with van der Waals surface area (Å²) in [4.78, 5) is 4.04. The fourth-order valence-electron chi connectivity index (χ4n) is 1.34. The summed E-state index contributed by atoms with van der Waals surface area (Å²) in [6.07, 6.45) is 3.86. The molecule has 0 aliphatic heterocycles. The molecule has 1 rings (SSSR count). The Bertz CT molecular complexity index is 326. The molecule has 0 aliphatic carbocycles. The Balaban J connectivity index is 2.41. The van der Waals surface area contributed by atoms with Crippen LogP contribution in [0.2, 0.25) is 0 Å². The van der Waals surface area contributed by atoms with E-state index in [1.54, 1.807) is 12.1 Å². The molecule has 1 aromatic rings. The van der Waals surface area contributed by atoms with Gasteiger partial charge in [-0.3, -0.25) is 0 Å². The lowest BCUT2D eigenvalue weighted by molar-refractivity contribution is 0.243. The van der Waals surface area contributed by atoms with Crippen LogP contribution in [-0.4, -0.2) is 11.6 Å². The van der Waals surface area contributed by atoms with Crippen LogP contribution in [0, 0.1) is 17.2 Å². The summed E-state index contributed by atoms with van der Waals surface area (Å²) in [7, 11) is 0. The lowest BCUT2D eigenvalue weighted by atomic mass is 10.1. The summed E-state index contributed by atoms with van der Waals surface area (Å²) in [6, 6.07) is 5.47. The van der Waals surface area contributed by atoms with Crippen LogP contribution in [0.25, 0.3) is 0 Å². The molecule has 0 radical (unpaired) electrons. The zero-order chi connectivity index (χ0) is 11.1. The summed E-state index contributed by atoms with van der Waals surface area (Å²) in [5.41, 5.74) is 0.559. The van der Waals surface area contributed by atoms with E-state index in [9.17, 15) is 0 Å². The highest BCUT2D eigenvalue weighted by Crippen LogP contribution is 2.10. The van der Waals surface area contributed by atoms with E-state index >= 15 is 0 Å². The van der Waals surface area contributed by atoms with Gasteiger partial charge in [-0.1, -0.05) is 20.3 Å². The van der Waals surface area contributed by atoms with Gasteiger partial charge >= 0.3 is 0 Å². The van der Waals surface area contributed by atoms with Crippen molar-refractivity contribution in [3.05, 3.63) is 23.9 Å². The molecule has 0 bridgehead atoms. The lowest BCUT2D eigenvalue weighted by Crippen LogP contribution is -2.08. The normalized spacial score (nSPS) is 11.8. The van der Waals surface area contributed by atoms with Crippen LogP contribution in [0.3, 0.4) is 0 Å². The number of pyridine rings is 1. The van der Waals surface area contributed by atoms with Crippen LogP contribution in [0.5, 0.6) is 5.88 Å². The molecule has 1 unspecified atom stereocenters. The number of nitrogens with zero attached hydrogens (tertiary/aromatic N) is 2. The Labute approximate surface area is 90.7 Å². The van der Waals surface area contributed by atoms with E-state index in [0.717, 1.165) is 6.42 Å². The van der Waals surface area contributed by atoms with E-state index in [2.05, 4.69) is 18.8 Å². The minimum atomic E-state index is 0.549. The number of hydrogen-bond donors (Lipinski definition) is 0. The first-order chi connectivity index (χ1) is 7.26. The molecule has 1 atom stereocenters. The second-order valence-corrected chi connectivity index (χ2v) is 3.70. The molecule has 0 amide bonds. The van der Waals surface area contributed by atoms with E-state index in [1.807, 2.05) is 6.07 Å². The number of hydrogen-bond acceptors (Lipinski definition) is 3. The minimum absolute atomic E-state index is 0.549. The maximum Gasteiger partial charge on any atom is 0.213 e. The monoisotopic (exact) mass is 204 g/mol. The van der Waals surface area contributed by atoms with Crippen molar-refractivity contribution >= 4 is 0 Å². The Morgan fingerprint density at radius 1 is 1.53 bits per heavy atom. The summed E-state index contributed by atoms with van der Waals surface area (Å²) in [5.74, 6) is 1.14. The molecule has 0 saturated heterocycles. The van der Waals surface area contributed by atoms with Crippen molar-refractivity contribution in [2.45, 2.75) is 26.7 Å². The van der Waals surface area contributed by atoms with Crippen molar-refractivity contribution in [1.82, 2.24) is 4.98 Å². The van der Waals surface area contributed by atoms with E-state index < -0.39 is 0 Å². The molecule has 0 fully saturated rings. The molecular formula is C12H16N2O. The van der Waals surface area contributed by atoms with Crippen molar-refractivity contribution in [1.29, 1.82) is 5.26 Å². The first-order valence-electron chi connectivity index (χ1n) is 5.25. The SMILES string of the molecule is CCCC(C)COc1ccc(C#N)cn1. The fourth-order valence-corrected chi connectivity index (χ4v) is 1.34. The van der Waals surface area contributed by atoms with Crippen molar-refractivity contribution in [2.75, 3.05) is 6.61 Å². The molecule has 0 N–H and O–H groups in total. The zero-order valence-corrected chi connectivity index (χ0v) is 9.23. The van der Waals surface area contributed by atoms with Crippen LogP contribution in [-0.2, 0) is 0 Å². The molecule has 15 heavy (non-hydrogen) atoms. The molecule has 0 spiro atoms. The third-order valence-electron chi connectivity index (χ3n) is 2.16. The fraction of sp³-hybridized carbons (Fsp3) is 0.500. The van der Waals surface area contributed by atoms with Gasteiger partial charge in [-0.05, 0) is 18.4 Å². The van der Waals surface area contributed by atoms with E-state index in [0.29, 0.717) is 24.0 Å². The topological polar surface area (TPSA) is 45.9 Å². The van der Waals surface area contributed by atoms with Crippen LogP contribution in [0.4, 0.5) is 0 Å². The van der Waals surface area contributed by atoms with Gasteiger partial charge in [0.05, 0.1) is 12.2 Å². The average Bonchev–Trinajstić information content (AvgIpc) is 2.27. The maximum atomic E-state index is 8.59. The minimum Gasteiger partial charge on any atom is -0.477 e. The van der Waals surface area contributed by atoms with Crippen molar-refractivity contribution in [2.24, 2.45) is 5.92 Å². The summed E-state index contributed by atoms with van der Waals surface area (Å²) < 4.78 is 5.50. The standard InChI is InChI=1S/C12H16N2O/c1-3-4-10(2)9-15-12-6-5-11(7-13)8-14-12/h5-6,8,10H,3-4,9H2,1-2H3. The van der Waals surface area contributed by atoms with Gasteiger partial charge in [-0.15, -0.1) is 0 Å². The highest BCUT2D eigenvalue weighted by atomic mass is 16.5. The van der Waals surface area contributed by atoms with Gasteiger partial charge in [0.1, 0.15) is 6.07 Å². The number of aromatic nitrogens is 1. The first kappa shape index (κ1) is 11.5. The Morgan fingerprint density at radius 2 is 2.33 bits per heavy atom. The quantitative estimate of drug-likeness (QED) is 0.740. The number of rotatable bonds is 5. The smallest absolute Gasteiger partial charge is 0.213 e. The Morgan fingerprint density at radius 3 is 2.87 bits per heavy atom. The molecule has 0 aromatic carbocycles. The summed E-state index contributed by atoms with van der Waals surface area (Å²) in [5, 5.41) is 8.59. The second-order valence-electron chi connectivity index (χ2n) is 3.70. The third kappa shape index (κ3) is 3.99. The van der Waals surface area contributed by atoms with E-state index in [1.165, 1.54) is 12.6 Å². The number of nitriles is 1.